The highest BCUT2D eigenvalue weighted by molar-refractivity contribution is 6.30. The summed E-state index contributed by atoms with van der Waals surface area (Å²) in [5.41, 5.74) is -1.47. The highest BCUT2D eigenvalue weighted by Gasteiger charge is 2.39. The van der Waals surface area contributed by atoms with Crippen LogP contribution in [-0.2, 0) is 19.8 Å². The minimum atomic E-state index is -1.36. The minimum Gasteiger partial charge on any atom is -0.464 e. The molecule has 1 unspecified atom stereocenters. The molecular weight excluding hydrogens is 306 g/mol. The molecule has 1 N–H and O–H groups in total. The lowest BCUT2D eigenvalue weighted by atomic mass is 9.92. The number of halogens is 1. The molecule has 0 aliphatic carbocycles. The second-order valence-electron chi connectivity index (χ2n) is 5.98. The van der Waals surface area contributed by atoms with E-state index in [0.717, 1.165) is 0 Å². The zero-order valence-electron chi connectivity index (χ0n) is 13.5. The van der Waals surface area contributed by atoms with Crippen LogP contribution in [0.4, 0.5) is 4.79 Å². The van der Waals surface area contributed by atoms with Crippen molar-refractivity contribution < 1.29 is 19.1 Å². The van der Waals surface area contributed by atoms with Gasteiger partial charge in [-0.05, 0) is 52.3 Å². The third-order valence-corrected chi connectivity index (χ3v) is 3.11. The van der Waals surface area contributed by atoms with Crippen molar-refractivity contribution in [3.05, 3.63) is 34.9 Å². The number of hydrogen-bond acceptors (Lipinski definition) is 4. The van der Waals surface area contributed by atoms with Gasteiger partial charge < -0.3 is 14.8 Å². The Balaban J connectivity index is 3.09. The van der Waals surface area contributed by atoms with E-state index in [9.17, 15) is 9.59 Å². The number of benzene rings is 1. The highest BCUT2D eigenvalue weighted by atomic mass is 35.5. The SMILES string of the molecule is CCOC(=O)C(C)(NC(=O)OC(C)(C)C)c1ccc(Cl)cc1. The zero-order chi connectivity index (χ0) is 17.0. The summed E-state index contributed by atoms with van der Waals surface area (Å²) in [5, 5.41) is 3.13. The molecule has 0 heterocycles. The Bertz CT molecular complexity index is 536. The lowest BCUT2D eigenvalue weighted by molar-refractivity contribution is -0.151. The van der Waals surface area contributed by atoms with Crippen LogP contribution >= 0.6 is 11.6 Å². The number of rotatable bonds is 4. The monoisotopic (exact) mass is 327 g/mol. The first-order chi connectivity index (χ1) is 10.1. The van der Waals surface area contributed by atoms with E-state index in [-0.39, 0.29) is 6.61 Å². The molecule has 0 fully saturated rings. The summed E-state index contributed by atoms with van der Waals surface area (Å²) in [6.07, 6.45) is -0.696. The van der Waals surface area contributed by atoms with Crippen molar-refractivity contribution in [2.75, 3.05) is 6.61 Å². The van der Waals surface area contributed by atoms with Crippen LogP contribution in [0.25, 0.3) is 0 Å². The fourth-order valence-corrected chi connectivity index (χ4v) is 1.93. The third-order valence-electron chi connectivity index (χ3n) is 2.86. The molecule has 1 aromatic carbocycles. The predicted octanol–water partition coefficient (Wildman–Crippen LogP) is 3.64. The van der Waals surface area contributed by atoms with Crippen molar-refractivity contribution in [3.8, 4) is 0 Å². The molecule has 1 rings (SSSR count). The van der Waals surface area contributed by atoms with Crippen LogP contribution in [0.3, 0.4) is 0 Å². The van der Waals surface area contributed by atoms with Crippen molar-refractivity contribution >= 4 is 23.7 Å². The van der Waals surface area contributed by atoms with E-state index in [2.05, 4.69) is 5.32 Å². The molecule has 0 aliphatic heterocycles. The molecule has 0 saturated carbocycles. The van der Waals surface area contributed by atoms with E-state index in [4.69, 9.17) is 21.1 Å². The predicted molar refractivity (Wildman–Crippen MR) is 84.8 cm³/mol. The summed E-state index contributed by atoms with van der Waals surface area (Å²) in [7, 11) is 0. The normalized spacial score (nSPS) is 13.9. The summed E-state index contributed by atoms with van der Waals surface area (Å²) < 4.78 is 10.3. The molecule has 1 amide bonds. The quantitative estimate of drug-likeness (QED) is 0.857. The van der Waals surface area contributed by atoms with Crippen LogP contribution in [0.1, 0.15) is 40.2 Å². The van der Waals surface area contributed by atoms with E-state index in [1.54, 1.807) is 58.9 Å². The van der Waals surface area contributed by atoms with Gasteiger partial charge in [0.1, 0.15) is 5.60 Å². The van der Waals surface area contributed by atoms with Gasteiger partial charge in [-0.1, -0.05) is 23.7 Å². The second kappa shape index (κ2) is 7.01. The molecular formula is C16H22ClNO4. The van der Waals surface area contributed by atoms with Crippen LogP contribution in [0.2, 0.25) is 5.02 Å². The Hall–Kier alpha value is -1.75. The summed E-state index contributed by atoms with van der Waals surface area (Å²) in [5.74, 6) is -0.566. The van der Waals surface area contributed by atoms with E-state index < -0.39 is 23.2 Å². The van der Waals surface area contributed by atoms with E-state index in [1.165, 1.54) is 0 Å². The van der Waals surface area contributed by atoms with Gasteiger partial charge in [0.25, 0.3) is 0 Å². The largest absolute Gasteiger partial charge is 0.464 e. The first-order valence-electron chi connectivity index (χ1n) is 7.03. The van der Waals surface area contributed by atoms with Crippen LogP contribution in [0.5, 0.6) is 0 Å². The number of carbonyl (C=O) groups is 2. The number of ether oxygens (including phenoxy) is 2. The molecule has 0 radical (unpaired) electrons. The van der Waals surface area contributed by atoms with Gasteiger partial charge in [0.2, 0.25) is 0 Å². The standard InChI is InChI=1S/C16H22ClNO4/c1-6-21-13(19)16(5,11-7-9-12(17)10-8-11)18-14(20)22-15(2,3)4/h7-10H,6H2,1-5H3,(H,18,20). The van der Waals surface area contributed by atoms with Crippen molar-refractivity contribution in [1.82, 2.24) is 5.32 Å². The van der Waals surface area contributed by atoms with Crippen LogP contribution in [0.15, 0.2) is 24.3 Å². The average Bonchev–Trinajstić information content (AvgIpc) is 2.37. The molecule has 0 bridgehead atoms. The van der Waals surface area contributed by atoms with Crippen LogP contribution in [-0.4, -0.2) is 24.3 Å². The molecule has 5 nitrogen and oxygen atoms in total. The van der Waals surface area contributed by atoms with Gasteiger partial charge in [-0.25, -0.2) is 9.59 Å². The van der Waals surface area contributed by atoms with E-state index in [1.807, 2.05) is 0 Å². The van der Waals surface area contributed by atoms with E-state index >= 15 is 0 Å². The van der Waals surface area contributed by atoms with Crippen LogP contribution < -0.4 is 5.32 Å². The fraction of sp³-hybridized carbons (Fsp3) is 0.500. The minimum absolute atomic E-state index is 0.206. The molecule has 1 atom stereocenters. The van der Waals surface area contributed by atoms with Crippen molar-refractivity contribution in [2.45, 2.75) is 45.8 Å². The topological polar surface area (TPSA) is 64.6 Å². The zero-order valence-corrected chi connectivity index (χ0v) is 14.3. The molecule has 0 aromatic heterocycles. The summed E-state index contributed by atoms with van der Waals surface area (Å²) >= 11 is 5.87. The Morgan fingerprint density at radius 3 is 2.14 bits per heavy atom. The molecule has 1 aromatic rings. The number of esters is 1. The van der Waals surface area contributed by atoms with Gasteiger partial charge in [0.05, 0.1) is 6.61 Å². The fourth-order valence-electron chi connectivity index (χ4n) is 1.81. The van der Waals surface area contributed by atoms with Crippen molar-refractivity contribution in [3.63, 3.8) is 0 Å². The Kier molecular flexibility index (Phi) is 5.83. The molecule has 0 aliphatic rings. The summed E-state index contributed by atoms with van der Waals surface area (Å²) in [4.78, 5) is 24.4. The number of alkyl carbamates (subject to hydrolysis) is 1. The summed E-state index contributed by atoms with van der Waals surface area (Å²) in [6.45, 7) is 8.72. The second-order valence-corrected chi connectivity index (χ2v) is 6.42. The number of carbonyl (C=O) groups excluding carboxylic acids is 2. The molecule has 6 heteroatoms. The smallest absolute Gasteiger partial charge is 0.408 e. The number of amides is 1. The van der Waals surface area contributed by atoms with Crippen LogP contribution in [0, 0.1) is 0 Å². The maximum absolute atomic E-state index is 12.3. The Morgan fingerprint density at radius 2 is 1.68 bits per heavy atom. The molecule has 122 valence electrons. The lowest BCUT2D eigenvalue weighted by Gasteiger charge is -2.30. The van der Waals surface area contributed by atoms with E-state index in [0.29, 0.717) is 10.6 Å². The van der Waals surface area contributed by atoms with Crippen molar-refractivity contribution in [1.29, 1.82) is 0 Å². The average molecular weight is 328 g/mol. The Morgan fingerprint density at radius 1 is 1.14 bits per heavy atom. The summed E-state index contributed by atoms with van der Waals surface area (Å²) in [6, 6.07) is 6.61. The van der Waals surface area contributed by atoms with Gasteiger partial charge in [0, 0.05) is 5.02 Å². The highest BCUT2D eigenvalue weighted by Crippen LogP contribution is 2.25. The third kappa shape index (κ3) is 4.91. The maximum atomic E-state index is 12.3. The van der Waals surface area contributed by atoms with Gasteiger partial charge in [0.15, 0.2) is 5.54 Å². The molecule has 22 heavy (non-hydrogen) atoms. The maximum Gasteiger partial charge on any atom is 0.408 e. The first kappa shape index (κ1) is 18.3. The van der Waals surface area contributed by atoms with Gasteiger partial charge in [-0.3, -0.25) is 0 Å². The number of hydrogen-bond donors (Lipinski definition) is 1. The Labute approximate surface area is 135 Å². The number of nitrogens with one attached hydrogen (secondary N) is 1. The van der Waals surface area contributed by atoms with Crippen molar-refractivity contribution in [2.24, 2.45) is 0 Å². The van der Waals surface area contributed by atoms with Gasteiger partial charge in [-0.15, -0.1) is 0 Å². The van der Waals surface area contributed by atoms with Gasteiger partial charge >= 0.3 is 12.1 Å². The molecule has 0 spiro atoms. The van der Waals surface area contributed by atoms with Gasteiger partial charge in [-0.2, -0.15) is 0 Å². The lowest BCUT2D eigenvalue weighted by Crippen LogP contribution is -2.51. The first-order valence-corrected chi connectivity index (χ1v) is 7.40. The molecule has 0 saturated heterocycles.